The van der Waals surface area contributed by atoms with E-state index in [9.17, 15) is 9.59 Å². The maximum Gasteiger partial charge on any atom is 0.335 e. The lowest BCUT2D eigenvalue weighted by molar-refractivity contribution is 0.0696. The van der Waals surface area contributed by atoms with Crippen molar-refractivity contribution in [3.63, 3.8) is 0 Å². The van der Waals surface area contributed by atoms with E-state index in [1.54, 1.807) is 0 Å². The molecule has 0 fully saturated rings. The van der Waals surface area contributed by atoms with Crippen molar-refractivity contribution >= 4 is 19.5 Å². The molecule has 0 amide bonds. The van der Waals surface area contributed by atoms with Crippen molar-refractivity contribution in [3.8, 4) is 0 Å². The van der Waals surface area contributed by atoms with Crippen LogP contribution in [0.3, 0.4) is 0 Å². The highest BCUT2D eigenvalue weighted by molar-refractivity contribution is 6.62. The molecule has 12 heavy (non-hydrogen) atoms. The molecule has 0 aromatic heterocycles. The van der Waals surface area contributed by atoms with E-state index in [1.165, 1.54) is 24.3 Å². The van der Waals surface area contributed by atoms with Crippen molar-refractivity contribution in [2.45, 2.75) is 0 Å². The standard InChI is InChI=1S/C8H5BO3/c9-7(10)5-1-3-6(4-2-5)8(11)12/h1-4H,(H,11,12). The van der Waals surface area contributed by atoms with Crippen LogP contribution in [0.1, 0.15) is 20.7 Å². The van der Waals surface area contributed by atoms with Gasteiger partial charge in [0.1, 0.15) is 5.68 Å². The number of aromatic carboxylic acids is 1. The maximum atomic E-state index is 10.6. The third kappa shape index (κ3) is 1.72. The Hall–Kier alpha value is -1.58. The fourth-order valence-corrected chi connectivity index (χ4v) is 0.777. The van der Waals surface area contributed by atoms with Gasteiger partial charge in [-0.05, 0) is 12.1 Å². The first kappa shape index (κ1) is 8.52. The Morgan fingerprint density at radius 2 is 1.50 bits per heavy atom. The first-order valence-corrected chi connectivity index (χ1v) is 3.24. The van der Waals surface area contributed by atoms with E-state index in [1.807, 2.05) is 0 Å². The SMILES string of the molecule is [B]C(=O)c1ccc(C(=O)O)cc1. The van der Waals surface area contributed by atoms with Crippen LogP contribution in [0.5, 0.6) is 0 Å². The summed E-state index contributed by atoms with van der Waals surface area (Å²) >= 11 is 0. The zero-order chi connectivity index (χ0) is 9.14. The molecule has 0 aliphatic heterocycles. The summed E-state index contributed by atoms with van der Waals surface area (Å²) in [5.41, 5.74) is -0.119. The molecule has 58 valence electrons. The lowest BCUT2D eigenvalue weighted by Gasteiger charge is -1.96. The number of carbonyl (C=O) groups excluding carboxylic acids is 1. The van der Waals surface area contributed by atoms with E-state index in [0.29, 0.717) is 5.56 Å². The highest BCUT2D eigenvalue weighted by Crippen LogP contribution is 2.03. The summed E-state index contributed by atoms with van der Waals surface area (Å²) in [7, 11) is 4.95. The lowest BCUT2D eigenvalue weighted by Crippen LogP contribution is -2.00. The summed E-state index contributed by atoms with van der Waals surface area (Å²) in [4.78, 5) is 20.9. The van der Waals surface area contributed by atoms with Crippen LogP contribution in [0.25, 0.3) is 0 Å². The molecule has 0 saturated heterocycles. The molecule has 1 N–H and O–H groups in total. The Kier molecular flexibility index (Phi) is 2.28. The predicted molar refractivity (Wildman–Crippen MR) is 43.5 cm³/mol. The Morgan fingerprint density at radius 3 is 1.83 bits per heavy atom. The van der Waals surface area contributed by atoms with Gasteiger partial charge < -0.3 is 9.90 Å². The van der Waals surface area contributed by atoms with Crippen molar-refractivity contribution < 1.29 is 14.7 Å². The third-order valence-corrected chi connectivity index (χ3v) is 1.42. The molecule has 0 heterocycles. The number of carboxylic acid groups (broad SMARTS) is 1. The summed E-state index contributed by atoms with van der Waals surface area (Å²) in [6.45, 7) is 0. The van der Waals surface area contributed by atoms with Crippen LogP contribution in [-0.4, -0.2) is 24.6 Å². The van der Waals surface area contributed by atoms with E-state index in [4.69, 9.17) is 13.0 Å². The van der Waals surface area contributed by atoms with Crippen LogP contribution in [0, 0.1) is 0 Å². The Balaban J connectivity index is 3.01. The normalized spacial score (nSPS) is 9.33. The molecule has 4 heteroatoms. The van der Waals surface area contributed by atoms with E-state index >= 15 is 0 Å². The van der Waals surface area contributed by atoms with Crippen LogP contribution in [0.2, 0.25) is 0 Å². The van der Waals surface area contributed by atoms with E-state index in [-0.39, 0.29) is 5.56 Å². The number of rotatable bonds is 2. The van der Waals surface area contributed by atoms with Crippen LogP contribution in [0.15, 0.2) is 24.3 Å². The molecule has 0 bridgehead atoms. The smallest absolute Gasteiger partial charge is 0.335 e. The predicted octanol–water partition coefficient (Wildman–Crippen LogP) is 0.694. The quantitative estimate of drug-likeness (QED) is 0.647. The van der Waals surface area contributed by atoms with Crippen LogP contribution >= 0.6 is 0 Å². The summed E-state index contributed by atoms with van der Waals surface area (Å²) < 4.78 is 0. The van der Waals surface area contributed by atoms with Gasteiger partial charge in [-0.1, -0.05) is 12.1 Å². The molecule has 1 aromatic rings. The molecule has 0 aliphatic rings. The zero-order valence-electron chi connectivity index (χ0n) is 6.15. The zero-order valence-corrected chi connectivity index (χ0v) is 6.15. The summed E-state index contributed by atoms with van der Waals surface area (Å²) in [6.07, 6.45) is 0. The molecule has 0 unspecified atom stereocenters. The number of carbonyl (C=O) groups is 2. The number of hydrogen-bond acceptors (Lipinski definition) is 2. The number of carboxylic acids is 1. The van der Waals surface area contributed by atoms with Gasteiger partial charge in [-0.25, -0.2) is 4.79 Å². The average molecular weight is 160 g/mol. The van der Waals surface area contributed by atoms with E-state index in [2.05, 4.69) is 0 Å². The Labute approximate surface area is 70.4 Å². The molecule has 0 aliphatic carbocycles. The van der Waals surface area contributed by atoms with Gasteiger partial charge in [0.05, 0.1) is 5.56 Å². The highest BCUT2D eigenvalue weighted by atomic mass is 16.4. The first-order chi connectivity index (χ1) is 5.61. The Bertz CT molecular complexity index is 283. The largest absolute Gasteiger partial charge is 0.478 e. The molecule has 0 atom stereocenters. The van der Waals surface area contributed by atoms with Gasteiger partial charge >= 0.3 is 5.97 Å². The van der Waals surface area contributed by atoms with Crippen molar-refractivity contribution in [3.05, 3.63) is 35.4 Å². The highest BCUT2D eigenvalue weighted by Gasteiger charge is 2.02. The molecule has 1 rings (SSSR count). The number of hydrogen-bond donors (Lipinski definition) is 1. The van der Waals surface area contributed by atoms with Gasteiger partial charge in [-0.2, -0.15) is 0 Å². The fourth-order valence-electron chi connectivity index (χ4n) is 0.777. The second-order valence-electron chi connectivity index (χ2n) is 2.25. The van der Waals surface area contributed by atoms with Crippen molar-refractivity contribution in [1.29, 1.82) is 0 Å². The topological polar surface area (TPSA) is 54.4 Å². The van der Waals surface area contributed by atoms with Crippen LogP contribution in [-0.2, 0) is 0 Å². The second-order valence-corrected chi connectivity index (χ2v) is 2.25. The second kappa shape index (κ2) is 3.22. The fraction of sp³-hybridized carbons (Fsp3) is 0. The monoisotopic (exact) mass is 160 g/mol. The summed E-state index contributed by atoms with van der Waals surface area (Å²) in [5.74, 6) is -1.02. The van der Waals surface area contributed by atoms with Crippen molar-refractivity contribution in [1.82, 2.24) is 0 Å². The van der Waals surface area contributed by atoms with Crippen LogP contribution < -0.4 is 0 Å². The van der Waals surface area contributed by atoms with Crippen molar-refractivity contribution in [2.75, 3.05) is 0 Å². The van der Waals surface area contributed by atoms with E-state index < -0.39 is 11.7 Å². The molecular formula is C8H5BO3. The number of benzene rings is 1. The minimum absolute atomic E-state index is 0.139. The third-order valence-electron chi connectivity index (χ3n) is 1.42. The van der Waals surface area contributed by atoms with Crippen LogP contribution in [0.4, 0.5) is 0 Å². The Morgan fingerprint density at radius 1 is 1.08 bits per heavy atom. The van der Waals surface area contributed by atoms with Gasteiger partial charge in [0, 0.05) is 5.56 Å². The molecule has 3 nitrogen and oxygen atoms in total. The van der Waals surface area contributed by atoms with Crippen molar-refractivity contribution in [2.24, 2.45) is 0 Å². The van der Waals surface area contributed by atoms with Gasteiger partial charge in [-0.15, -0.1) is 0 Å². The average Bonchev–Trinajstić information content (AvgIpc) is 2.04. The van der Waals surface area contributed by atoms with E-state index in [0.717, 1.165) is 0 Å². The van der Waals surface area contributed by atoms with Gasteiger partial charge in [0.2, 0.25) is 0 Å². The summed E-state index contributed by atoms with van der Waals surface area (Å²) in [5, 5.41) is 8.50. The minimum atomic E-state index is -1.02. The molecule has 0 spiro atoms. The molecule has 1 aromatic carbocycles. The minimum Gasteiger partial charge on any atom is -0.478 e. The first-order valence-electron chi connectivity index (χ1n) is 3.24. The van der Waals surface area contributed by atoms with Gasteiger partial charge in [0.25, 0.3) is 0 Å². The summed E-state index contributed by atoms with van der Waals surface area (Å²) in [6, 6.07) is 5.43. The lowest BCUT2D eigenvalue weighted by atomic mass is 9.94. The molecule has 0 saturated carbocycles. The molecular weight excluding hydrogens is 155 g/mol. The maximum absolute atomic E-state index is 10.6. The van der Waals surface area contributed by atoms with Gasteiger partial charge in [0.15, 0.2) is 7.85 Å². The van der Waals surface area contributed by atoms with Gasteiger partial charge in [-0.3, -0.25) is 0 Å². The molecule has 2 radical (unpaired) electrons.